The molecule has 1 aromatic rings. The number of amides is 1. The van der Waals surface area contributed by atoms with Crippen LogP contribution < -0.4 is 0 Å². The Labute approximate surface area is 116 Å². The van der Waals surface area contributed by atoms with Gasteiger partial charge in [-0.25, -0.2) is 0 Å². The van der Waals surface area contributed by atoms with Crippen LogP contribution in [-0.2, 0) is 11.3 Å². The molecule has 0 aromatic heterocycles. The second-order valence-corrected chi connectivity index (χ2v) is 5.40. The summed E-state index contributed by atoms with van der Waals surface area (Å²) in [7, 11) is 0. The minimum atomic E-state index is 0.167. The summed E-state index contributed by atoms with van der Waals surface area (Å²) in [6.45, 7) is 8.80. The average molecular weight is 260 g/mol. The zero-order chi connectivity index (χ0) is 13.7. The molecule has 0 radical (unpaired) electrons. The molecule has 1 heterocycles. The smallest absolute Gasteiger partial charge is 0.225 e. The van der Waals surface area contributed by atoms with Gasteiger partial charge in [-0.15, -0.1) is 0 Å². The van der Waals surface area contributed by atoms with Crippen molar-refractivity contribution in [1.29, 1.82) is 0 Å². The van der Waals surface area contributed by atoms with Gasteiger partial charge in [-0.3, -0.25) is 9.69 Å². The van der Waals surface area contributed by atoms with E-state index in [1.165, 1.54) is 5.56 Å². The molecule has 3 nitrogen and oxygen atoms in total. The molecule has 0 saturated carbocycles. The van der Waals surface area contributed by atoms with E-state index in [1.54, 1.807) is 0 Å². The van der Waals surface area contributed by atoms with Crippen LogP contribution in [0, 0.1) is 5.92 Å². The largest absolute Gasteiger partial charge is 0.340 e. The molecule has 1 saturated heterocycles. The van der Waals surface area contributed by atoms with Crippen LogP contribution in [0.4, 0.5) is 0 Å². The number of hydrogen-bond donors (Lipinski definition) is 0. The first kappa shape index (κ1) is 14.1. The highest BCUT2D eigenvalue weighted by atomic mass is 16.2. The van der Waals surface area contributed by atoms with Gasteiger partial charge in [-0.1, -0.05) is 44.2 Å². The highest BCUT2D eigenvalue weighted by molar-refractivity contribution is 5.78. The van der Waals surface area contributed by atoms with Crippen molar-refractivity contribution in [1.82, 2.24) is 9.80 Å². The normalized spacial score (nSPS) is 18.3. The summed E-state index contributed by atoms with van der Waals surface area (Å²) in [6, 6.07) is 10.5. The first-order chi connectivity index (χ1) is 9.20. The molecular formula is C16H24N2O. The fourth-order valence-corrected chi connectivity index (χ4v) is 2.45. The Bertz CT molecular complexity index is 396. The molecule has 104 valence electrons. The maximum atomic E-state index is 12.1. The average Bonchev–Trinajstić information content (AvgIpc) is 2.47. The third-order valence-corrected chi connectivity index (χ3v) is 3.97. The zero-order valence-corrected chi connectivity index (χ0v) is 12.0. The lowest BCUT2D eigenvalue weighted by molar-refractivity contribution is -0.136. The zero-order valence-electron chi connectivity index (χ0n) is 12.0. The predicted molar refractivity (Wildman–Crippen MR) is 77.8 cm³/mol. The summed E-state index contributed by atoms with van der Waals surface area (Å²) in [5.41, 5.74) is 1.35. The highest BCUT2D eigenvalue weighted by Crippen LogP contribution is 2.12. The van der Waals surface area contributed by atoms with Crippen LogP contribution in [0.2, 0.25) is 0 Å². The summed E-state index contributed by atoms with van der Waals surface area (Å²) in [6.07, 6.45) is 0.934. The summed E-state index contributed by atoms with van der Waals surface area (Å²) in [5.74, 6) is 0.488. The SMILES string of the molecule is CC[C@H](C)C(=O)N1CCN(Cc2ccccc2)CC1. The molecule has 0 bridgehead atoms. The van der Waals surface area contributed by atoms with Crippen molar-refractivity contribution in [3.63, 3.8) is 0 Å². The quantitative estimate of drug-likeness (QED) is 0.830. The highest BCUT2D eigenvalue weighted by Gasteiger charge is 2.23. The molecule has 1 fully saturated rings. The van der Waals surface area contributed by atoms with Gasteiger partial charge < -0.3 is 4.90 Å². The second-order valence-electron chi connectivity index (χ2n) is 5.40. The number of benzene rings is 1. The van der Waals surface area contributed by atoms with E-state index in [9.17, 15) is 4.79 Å². The van der Waals surface area contributed by atoms with Crippen LogP contribution in [0.3, 0.4) is 0 Å². The van der Waals surface area contributed by atoms with E-state index in [0.717, 1.165) is 39.1 Å². The minimum absolute atomic E-state index is 0.167. The number of nitrogens with zero attached hydrogens (tertiary/aromatic N) is 2. The van der Waals surface area contributed by atoms with E-state index in [-0.39, 0.29) is 5.92 Å². The van der Waals surface area contributed by atoms with Gasteiger partial charge in [0, 0.05) is 38.6 Å². The molecular weight excluding hydrogens is 236 g/mol. The number of piperazine rings is 1. The van der Waals surface area contributed by atoms with E-state index >= 15 is 0 Å². The Balaban J connectivity index is 1.81. The number of hydrogen-bond acceptors (Lipinski definition) is 2. The van der Waals surface area contributed by atoms with Crippen LogP contribution in [0.1, 0.15) is 25.8 Å². The van der Waals surface area contributed by atoms with Crippen LogP contribution in [0.5, 0.6) is 0 Å². The molecule has 1 aromatic carbocycles. The van der Waals surface area contributed by atoms with Crippen molar-refractivity contribution in [2.45, 2.75) is 26.8 Å². The molecule has 1 aliphatic rings. The van der Waals surface area contributed by atoms with Crippen molar-refractivity contribution in [2.24, 2.45) is 5.92 Å². The maximum Gasteiger partial charge on any atom is 0.225 e. The molecule has 0 unspecified atom stereocenters. The second kappa shape index (κ2) is 6.71. The van der Waals surface area contributed by atoms with E-state index < -0.39 is 0 Å². The van der Waals surface area contributed by atoms with E-state index in [0.29, 0.717) is 5.91 Å². The lowest BCUT2D eigenvalue weighted by Crippen LogP contribution is -2.49. The van der Waals surface area contributed by atoms with Crippen LogP contribution in [0.15, 0.2) is 30.3 Å². The van der Waals surface area contributed by atoms with Crippen molar-refractivity contribution in [3.8, 4) is 0 Å². The van der Waals surface area contributed by atoms with Gasteiger partial charge in [0.05, 0.1) is 0 Å². The fourth-order valence-electron chi connectivity index (χ4n) is 2.45. The Hall–Kier alpha value is -1.35. The Kier molecular flexibility index (Phi) is 4.97. The van der Waals surface area contributed by atoms with Gasteiger partial charge in [0.2, 0.25) is 5.91 Å². The standard InChI is InChI=1S/C16H24N2O/c1-3-14(2)16(19)18-11-9-17(10-12-18)13-15-7-5-4-6-8-15/h4-8,14H,3,9-13H2,1-2H3/t14-/m0/s1. The Morgan fingerprint density at radius 3 is 2.37 bits per heavy atom. The van der Waals surface area contributed by atoms with Gasteiger partial charge in [-0.05, 0) is 12.0 Å². The first-order valence-electron chi connectivity index (χ1n) is 7.25. The number of carbonyl (C=O) groups excluding carboxylic acids is 1. The third kappa shape index (κ3) is 3.80. The van der Waals surface area contributed by atoms with Crippen molar-refractivity contribution in [3.05, 3.63) is 35.9 Å². The van der Waals surface area contributed by atoms with Gasteiger partial charge in [0.25, 0.3) is 0 Å². The minimum Gasteiger partial charge on any atom is -0.340 e. The Morgan fingerprint density at radius 1 is 1.16 bits per heavy atom. The van der Waals surface area contributed by atoms with E-state index in [4.69, 9.17) is 0 Å². The summed E-state index contributed by atoms with van der Waals surface area (Å²) in [4.78, 5) is 16.6. The van der Waals surface area contributed by atoms with E-state index in [1.807, 2.05) is 17.9 Å². The van der Waals surface area contributed by atoms with Crippen LogP contribution in [0.25, 0.3) is 0 Å². The van der Waals surface area contributed by atoms with Gasteiger partial charge >= 0.3 is 0 Å². The topological polar surface area (TPSA) is 23.6 Å². The summed E-state index contributed by atoms with van der Waals surface area (Å²) in [5, 5.41) is 0. The lowest BCUT2D eigenvalue weighted by Gasteiger charge is -2.36. The predicted octanol–water partition coefficient (Wildman–Crippen LogP) is 2.38. The summed E-state index contributed by atoms with van der Waals surface area (Å²) >= 11 is 0. The van der Waals surface area contributed by atoms with Crippen molar-refractivity contribution in [2.75, 3.05) is 26.2 Å². The maximum absolute atomic E-state index is 12.1. The molecule has 0 N–H and O–H groups in total. The summed E-state index contributed by atoms with van der Waals surface area (Å²) < 4.78 is 0. The molecule has 1 amide bonds. The van der Waals surface area contributed by atoms with E-state index in [2.05, 4.69) is 36.1 Å². The Morgan fingerprint density at radius 2 is 1.79 bits per heavy atom. The van der Waals surface area contributed by atoms with Gasteiger partial charge in [0.1, 0.15) is 0 Å². The number of rotatable bonds is 4. The van der Waals surface area contributed by atoms with Crippen molar-refractivity contribution < 1.29 is 4.79 Å². The number of carbonyl (C=O) groups is 1. The van der Waals surface area contributed by atoms with Crippen molar-refractivity contribution >= 4 is 5.91 Å². The molecule has 1 aliphatic heterocycles. The van der Waals surface area contributed by atoms with Gasteiger partial charge in [-0.2, -0.15) is 0 Å². The first-order valence-corrected chi connectivity index (χ1v) is 7.25. The third-order valence-electron chi connectivity index (χ3n) is 3.97. The molecule has 19 heavy (non-hydrogen) atoms. The molecule has 2 rings (SSSR count). The lowest BCUT2D eigenvalue weighted by atomic mass is 10.1. The van der Waals surface area contributed by atoms with Crippen LogP contribution in [-0.4, -0.2) is 41.9 Å². The molecule has 0 spiro atoms. The van der Waals surface area contributed by atoms with Gasteiger partial charge in [0.15, 0.2) is 0 Å². The fraction of sp³-hybridized carbons (Fsp3) is 0.562. The molecule has 1 atom stereocenters. The molecule has 3 heteroatoms. The monoisotopic (exact) mass is 260 g/mol. The van der Waals surface area contributed by atoms with Crippen LogP contribution >= 0.6 is 0 Å². The molecule has 0 aliphatic carbocycles.